The van der Waals surface area contributed by atoms with Crippen LogP contribution >= 0.6 is 0 Å². The van der Waals surface area contributed by atoms with Crippen molar-refractivity contribution in [3.05, 3.63) is 35.9 Å². The second kappa shape index (κ2) is 10.6. The van der Waals surface area contributed by atoms with Gasteiger partial charge in [0.1, 0.15) is 0 Å². The third kappa shape index (κ3) is 6.31. The molecule has 8 heteroatoms. The number of sulfonamides is 1. The zero-order valence-corrected chi connectivity index (χ0v) is 17.5. The highest BCUT2D eigenvalue weighted by Crippen LogP contribution is 2.23. The maximum absolute atomic E-state index is 13.2. The smallest absolute Gasteiger partial charge is 0.307 e. The molecule has 1 aromatic carbocycles. The average Bonchev–Trinajstić information content (AvgIpc) is 2.71. The summed E-state index contributed by atoms with van der Waals surface area (Å²) in [5, 5.41) is 0. The van der Waals surface area contributed by atoms with E-state index >= 15 is 0 Å². The number of hydrogen-bond acceptors (Lipinski definition) is 5. The van der Waals surface area contributed by atoms with E-state index in [0.29, 0.717) is 32.4 Å². The maximum atomic E-state index is 13.2. The number of piperidine rings is 1. The van der Waals surface area contributed by atoms with Gasteiger partial charge in [-0.3, -0.25) is 9.59 Å². The molecule has 1 heterocycles. The van der Waals surface area contributed by atoms with Crippen molar-refractivity contribution in [2.45, 2.75) is 39.2 Å². The van der Waals surface area contributed by atoms with Crippen LogP contribution in [0.2, 0.25) is 0 Å². The van der Waals surface area contributed by atoms with Gasteiger partial charge in [-0.1, -0.05) is 37.3 Å². The summed E-state index contributed by atoms with van der Waals surface area (Å²) in [4.78, 5) is 26.4. The van der Waals surface area contributed by atoms with Gasteiger partial charge in [0.2, 0.25) is 15.9 Å². The Hall–Kier alpha value is -1.93. The normalized spacial score (nSPS) is 17.9. The summed E-state index contributed by atoms with van der Waals surface area (Å²) in [7, 11) is -2.00. The Morgan fingerprint density at radius 2 is 1.96 bits per heavy atom. The minimum atomic E-state index is -3.33. The Bertz CT molecular complexity index is 751. The van der Waals surface area contributed by atoms with Crippen LogP contribution < -0.4 is 0 Å². The fourth-order valence-electron chi connectivity index (χ4n) is 3.44. The van der Waals surface area contributed by atoms with Crippen LogP contribution in [0.5, 0.6) is 0 Å². The van der Waals surface area contributed by atoms with E-state index < -0.39 is 10.0 Å². The molecule has 1 unspecified atom stereocenters. The molecule has 1 aliphatic rings. The molecule has 0 spiro atoms. The number of ether oxygens (including phenoxy) is 1. The van der Waals surface area contributed by atoms with Gasteiger partial charge in [0.05, 0.1) is 25.2 Å². The molecular formula is C20H30N2O5S. The van der Waals surface area contributed by atoms with E-state index in [-0.39, 0.29) is 43.1 Å². The van der Waals surface area contributed by atoms with E-state index in [9.17, 15) is 18.0 Å². The van der Waals surface area contributed by atoms with Crippen molar-refractivity contribution in [3.8, 4) is 0 Å². The molecule has 1 aromatic rings. The number of hydrogen-bond donors (Lipinski definition) is 0. The first-order chi connectivity index (χ1) is 13.4. The highest BCUT2D eigenvalue weighted by Gasteiger charge is 2.34. The fraction of sp³-hybridized carbons (Fsp3) is 0.600. The monoisotopic (exact) mass is 410 g/mol. The van der Waals surface area contributed by atoms with Crippen molar-refractivity contribution in [1.29, 1.82) is 0 Å². The molecule has 7 nitrogen and oxygen atoms in total. The van der Waals surface area contributed by atoms with Gasteiger partial charge < -0.3 is 9.64 Å². The molecule has 2 rings (SSSR count). The van der Waals surface area contributed by atoms with Crippen molar-refractivity contribution >= 4 is 21.9 Å². The number of carbonyl (C=O) groups is 2. The van der Waals surface area contributed by atoms with E-state index in [1.54, 1.807) is 4.90 Å². The lowest BCUT2D eigenvalue weighted by Gasteiger charge is -2.34. The van der Waals surface area contributed by atoms with Crippen molar-refractivity contribution in [3.63, 3.8) is 0 Å². The van der Waals surface area contributed by atoms with Crippen LogP contribution in [0, 0.1) is 5.92 Å². The quantitative estimate of drug-likeness (QED) is 0.582. The Balaban J connectivity index is 2.12. The van der Waals surface area contributed by atoms with Crippen molar-refractivity contribution in [1.82, 2.24) is 9.21 Å². The first kappa shape index (κ1) is 22.4. The van der Waals surface area contributed by atoms with E-state index in [0.717, 1.165) is 5.56 Å². The van der Waals surface area contributed by atoms with Gasteiger partial charge in [0, 0.05) is 26.2 Å². The highest BCUT2D eigenvalue weighted by atomic mass is 32.2. The predicted octanol–water partition coefficient (Wildman–Crippen LogP) is 2.03. The minimum Gasteiger partial charge on any atom is -0.469 e. The van der Waals surface area contributed by atoms with Crippen molar-refractivity contribution in [2.75, 3.05) is 32.5 Å². The Labute approximate surface area is 167 Å². The maximum Gasteiger partial charge on any atom is 0.307 e. The van der Waals surface area contributed by atoms with Crippen LogP contribution in [0.4, 0.5) is 0 Å². The highest BCUT2D eigenvalue weighted by molar-refractivity contribution is 7.89. The standard InChI is InChI=1S/C20H30N2O5S/c1-3-14-28(25,26)22-12-7-10-18(16-22)20(24)21(13-11-19(23)27-2)15-17-8-5-4-6-9-17/h4-6,8-9,18H,3,7,10-16H2,1-2H3. The van der Waals surface area contributed by atoms with Crippen LogP contribution in [0.25, 0.3) is 0 Å². The summed E-state index contributed by atoms with van der Waals surface area (Å²) in [5.74, 6) is -0.767. The van der Waals surface area contributed by atoms with Crippen molar-refractivity contribution in [2.24, 2.45) is 5.92 Å². The summed E-state index contributed by atoms with van der Waals surface area (Å²) in [6.07, 6.45) is 1.98. The SMILES string of the molecule is CCCS(=O)(=O)N1CCCC(C(=O)N(CCC(=O)OC)Cc2ccccc2)C1. The first-order valence-electron chi connectivity index (χ1n) is 9.74. The number of amides is 1. The number of nitrogens with zero attached hydrogens (tertiary/aromatic N) is 2. The lowest BCUT2D eigenvalue weighted by atomic mass is 9.97. The summed E-state index contributed by atoms with van der Waals surface area (Å²) < 4.78 is 31.0. The third-order valence-corrected chi connectivity index (χ3v) is 6.97. The third-order valence-electron chi connectivity index (χ3n) is 4.93. The Morgan fingerprint density at radius 1 is 1.25 bits per heavy atom. The molecule has 0 radical (unpaired) electrons. The molecule has 156 valence electrons. The van der Waals surface area contributed by atoms with E-state index in [2.05, 4.69) is 0 Å². The number of rotatable bonds is 9. The minimum absolute atomic E-state index is 0.101. The molecule has 1 amide bonds. The lowest BCUT2D eigenvalue weighted by molar-refractivity contribution is -0.143. The van der Waals surface area contributed by atoms with Gasteiger partial charge >= 0.3 is 5.97 Å². The summed E-state index contributed by atoms with van der Waals surface area (Å²) >= 11 is 0. The van der Waals surface area contributed by atoms with Crippen LogP contribution in [-0.2, 0) is 30.9 Å². The van der Waals surface area contributed by atoms with E-state index in [1.807, 2.05) is 37.3 Å². The largest absolute Gasteiger partial charge is 0.469 e. The predicted molar refractivity (Wildman–Crippen MR) is 107 cm³/mol. The molecule has 1 fully saturated rings. The van der Waals surface area contributed by atoms with Gasteiger partial charge in [-0.25, -0.2) is 12.7 Å². The second-order valence-corrected chi connectivity index (χ2v) is 9.17. The topological polar surface area (TPSA) is 84.0 Å². The van der Waals surface area contributed by atoms with Crippen LogP contribution in [0.1, 0.15) is 38.2 Å². The molecule has 0 aliphatic carbocycles. The molecule has 1 atom stereocenters. The van der Waals surface area contributed by atoms with Crippen LogP contribution in [0.15, 0.2) is 30.3 Å². The van der Waals surface area contributed by atoms with Gasteiger partial charge in [-0.05, 0) is 24.8 Å². The van der Waals surface area contributed by atoms with Gasteiger partial charge in [0.15, 0.2) is 0 Å². The van der Waals surface area contributed by atoms with Gasteiger partial charge in [-0.15, -0.1) is 0 Å². The number of methoxy groups -OCH3 is 1. The fourth-order valence-corrected chi connectivity index (χ4v) is 5.03. The summed E-state index contributed by atoms with van der Waals surface area (Å²) in [6, 6.07) is 9.56. The molecule has 0 aromatic heterocycles. The number of benzene rings is 1. The molecule has 0 bridgehead atoms. The van der Waals surface area contributed by atoms with Gasteiger partial charge in [-0.2, -0.15) is 0 Å². The molecule has 1 aliphatic heterocycles. The number of carbonyl (C=O) groups excluding carboxylic acids is 2. The second-order valence-electron chi connectivity index (χ2n) is 7.08. The Morgan fingerprint density at radius 3 is 2.61 bits per heavy atom. The zero-order valence-electron chi connectivity index (χ0n) is 16.7. The van der Waals surface area contributed by atoms with Gasteiger partial charge in [0.25, 0.3) is 0 Å². The molecule has 28 heavy (non-hydrogen) atoms. The molecule has 1 saturated heterocycles. The van der Waals surface area contributed by atoms with Crippen LogP contribution in [-0.4, -0.2) is 62.0 Å². The molecular weight excluding hydrogens is 380 g/mol. The van der Waals surface area contributed by atoms with Crippen LogP contribution in [0.3, 0.4) is 0 Å². The van der Waals surface area contributed by atoms with E-state index in [4.69, 9.17) is 4.74 Å². The molecule has 0 N–H and O–H groups in total. The zero-order chi connectivity index (χ0) is 20.6. The number of esters is 1. The molecule has 0 saturated carbocycles. The average molecular weight is 411 g/mol. The van der Waals surface area contributed by atoms with E-state index in [1.165, 1.54) is 11.4 Å². The first-order valence-corrected chi connectivity index (χ1v) is 11.4. The summed E-state index contributed by atoms with van der Waals surface area (Å²) in [5.41, 5.74) is 0.965. The summed E-state index contributed by atoms with van der Waals surface area (Å²) in [6.45, 7) is 3.14. The lowest BCUT2D eigenvalue weighted by Crippen LogP contribution is -2.47. The Kier molecular flexibility index (Phi) is 8.44. The van der Waals surface area contributed by atoms with Crippen molar-refractivity contribution < 1.29 is 22.7 Å².